The van der Waals surface area contributed by atoms with Gasteiger partial charge in [0, 0.05) is 35.6 Å². The SMILES string of the molecule is CN1C[C@H](c2ccccc2)[C@@H]2c3[nH]c4ccccc4c3CCN2C1. The van der Waals surface area contributed by atoms with E-state index in [2.05, 4.69) is 76.4 Å². The van der Waals surface area contributed by atoms with Gasteiger partial charge in [-0.15, -0.1) is 0 Å². The summed E-state index contributed by atoms with van der Waals surface area (Å²) in [6, 6.07) is 20.3. The Morgan fingerprint density at radius 3 is 2.67 bits per heavy atom. The van der Waals surface area contributed by atoms with Crippen molar-refractivity contribution < 1.29 is 0 Å². The number of hydrogen-bond donors (Lipinski definition) is 1. The number of H-pyrrole nitrogens is 1. The van der Waals surface area contributed by atoms with Crippen LogP contribution in [0.4, 0.5) is 0 Å². The van der Waals surface area contributed by atoms with Crippen LogP contribution >= 0.6 is 0 Å². The zero-order valence-electron chi connectivity index (χ0n) is 14.1. The summed E-state index contributed by atoms with van der Waals surface area (Å²) >= 11 is 0. The molecule has 1 N–H and O–H groups in total. The van der Waals surface area contributed by atoms with E-state index in [4.69, 9.17) is 0 Å². The van der Waals surface area contributed by atoms with E-state index < -0.39 is 0 Å². The van der Waals surface area contributed by atoms with Crippen molar-refractivity contribution in [2.75, 3.05) is 26.8 Å². The predicted molar refractivity (Wildman–Crippen MR) is 98.1 cm³/mol. The van der Waals surface area contributed by atoms with Gasteiger partial charge in [-0.25, -0.2) is 0 Å². The van der Waals surface area contributed by atoms with E-state index in [1.807, 2.05) is 0 Å². The molecule has 2 atom stereocenters. The molecule has 0 saturated carbocycles. The zero-order chi connectivity index (χ0) is 16.1. The average molecular weight is 317 g/mol. The molecule has 1 fully saturated rings. The maximum absolute atomic E-state index is 3.77. The van der Waals surface area contributed by atoms with Gasteiger partial charge in [0.1, 0.15) is 0 Å². The molecule has 2 aliphatic rings. The first-order chi connectivity index (χ1) is 11.8. The van der Waals surface area contributed by atoms with Crippen molar-refractivity contribution in [3.05, 3.63) is 71.4 Å². The molecular formula is C21H23N3. The molecule has 3 aromatic rings. The minimum absolute atomic E-state index is 0.458. The van der Waals surface area contributed by atoms with Crippen molar-refractivity contribution in [3.8, 4) is 0 Å². The number of fused-ring (bicyclic) bond motifs is 5. The second kappa shape index (κ2) is 5.47. The number of hydrogen-bond acceptors (Lipinski definition) is 2. The van der Waals surface area contributed by atoms with Gasteiger partial charge < -0.3 is 4.98 Å². The molecule has 2 aromatic carbocycles. The van der Waals surface area contributed by atoms with Crippen LogP contribution in [0.5, 0.6) is 0 Å². The van der Waals surface area contributed by atoms with Crippen LogP contribution in [0.3, 0.4) is 0 Å². The van der Waals surface area contributed by atoms with Gasteiger partial charge in [-0.2, -0.15) is 0 Å². The Morgan fingerprint density at radius 2 is 1.79 bits per heavy atom. The number of likely N-dealkylation sites (N-methyl/N-ethyl adjacent to an activating group) is 1. The standard InChI is InChI=1S/C21H23N3/c1-23-13-18(15-7-3-2-4-8-15)21-20-17(11-12-24(21)14-23)16-9-5-6-10-19(16)22-20/h2-10,18,21-22H,11-14H2,1H3/t18-,21-/m1/s1. The largest absolute Gasteiger partial charge is 0.357 e. The van der Waals surface area contributed by atoms with Crippen LogP contribution in [0, 0.1) is 0 Å². The summed E-state index contributed by atoms with van der Waals surface area (Å²) in [5, 5.41) is 1.41. The summed E-state index contributed by atoms with van der Waals surface area (Å²) in [6.45, 7) is 3.32. The first-order valence-electron chi connectivity index (χ1n) is 8.88. The van der Waals surface area contributed by atoms with E-state index in [-0.39, 0.29) is 0 Å². The third-order valence-corrected chi connectivity index (χ3v) is 5.73. The summed E-state index contributed by atoms with van der Waals surface area (Å²) in [6.07, 6.45) is 1.14. The van der Waals surface area contributed by atoms with E-state index in [1.54, 1.807) is 0 Å². The molecule has 3 nitrogen and oxygen atoms in total. The summed E-state index contributed by atoms with van der Waals surface area (Å²) in [5.74, 6) is 0.511. The van der Waals surface area contributed by atoms with Crippen LogP contribution < -0.4 is 0 Å². The molecule has 0 spiro atoms. The highest BCUT2D eigenvalue weighted by Gasteiger charge is 2.40. The Hall–Kier alpha value is -2.10. The molecule has 1 saturated heterocycles. The van der Waals surface area contributed by atoms with Crippen molar-refractivity contribution in [1.29, 1.82) is 0 Å². The van der Waals surface area contributed by atoms with Crippen molar-refractivity contribution in [2.24, 2.45) is 0 Å². The van der Waals surface area contributed by atoms with E-state index >= 15 is 0 Å². The van der Waals surface area contributed by atoms with Crippen molar-refractivity contribution in [2.45, 2.75) is 18.4 Å². The van der Waals surface area contributed by atoms with Crippen molar-refractivity contribution >= 4 is 10.9 Å². The van der Waals surface area contributed by atoms with Crippen LogP contribution in [0.2, 0.25) is 0 Å². The fourth-order valence-electron chi connectivity index (χ4n) is 4.73. The van der Waals surface area contributed by atoms with Crippen molar-refractivity contribution in [1.82, 2.24) is 14.8 Å². The second-order valence-corrected chi connectivity index (χ2v) is 7.27. The average Bonchev–Trinajstić information content (AvgIpc) is 3.00. The van der Waals surface area contributed by atoms with Crippen LogP contribution in [0.1, 0.15) is 28.8 Å². The zero-order valence-corrected chi connectivity index (χ0v) is 14.1. The molecule has 24 heavy (non-hydrogen) atoms. The lowest BCUT2D eigenvalue weighted by Gasteiger charge is -2.47. The van der Waals surface area contributed by atoms with Crippen molar-refractivity contribution in [3.63, 3.8) is 0 Å². The van der Waals surface area contributed by atoms with Crippen LogP contribution in [0.25, 0.3) is 10.9 Å². The Balaban J connectivity index is 1.67. The molecule has 0 aliphatic carbocycles. The van der Waals surface area contributed by atoms with Gasteiger partial charge >= 0.3 is 0 Å². The monoisotopic (exact) mass is 317 g/mol. The van der Waals surface area contributed by atoms with Crippen LogP contribution in [-0.2, 0) is 6.42 Å². The first kappa shape index (κ1) is 14.3. The molecule has 5 rings (SSSR count). The Kier molecular flexibility index (Phi) is 3.25. The lowest BCUT2D eigenvalue weighted by molar-refractivity contribution is 0.0285. The predicted octanol–water partition coefficient (Wildman–Crippen LogP) is 3.75. The van der Waals surface area contributed by atoms with Gasteiger partial charge in [0.05, 0.1) is 12.7 Å². The summed E-state index contributed by atoms with van der Waals surface area (Å²) in [5.41, 5.74) is 5.72. The number of benzene rings is 2. The lowest BCUT2D eigenvalue weighted by Crippen LogP contribution is -2.51. The van der Waals surface area contributed by atoms with E-state index in [9.17, 15) is 0 Å². The van der Waals surface area contributed by atoms with Gasteiger partial charge in [-0.05, 0) is 30.7 Å². The third-order valence-electron chi connectivity index (χ3n) is 5.73. The highest BCUT2D eigenvalue weighted by molar-refractivity contribution is 5.85. The van der Waals surface area contributed by atoms with Crippen LogP contribution in [-0.4, -0.2) is 41.6 Å². The maximum atomic E-state index is 3.77. The fourth-order valence-corrected chi connectivity index (χ4v) is 4.73. The number of aromatic amines is 1. The highest BCUT2D eigenvalue weighted by atomic mass is 15.3. The topological polar surface area (TPSA) is 22.3 Å². The minimum atomic E-state index is 0.458. The molecule has 3 heteroatoms. The Morgan fingerprint density at radius 1 is 1.00 bits per heavy atom. The van der Waals surface area contributed by atoms with Crippen LogP contribution in [0.15, 0.2) is 54.6 Å². The number of para-hydroxylation sites is 1. The van der Waals surface area contributed by atoms with E-state index in [0.717, 1.165) is 26.2 Å². The molecule has 0 bridgehead atoms. The number of rotatable bonds is 1. The molecule has 2 aliphatic heterocycles. The minimum Gasteiger partial charge on any atom is -0.357 e. The maximum Gasteiger partial charge on any atom is 0.0594 e. The fraction of sp³-hybridized carbons (Fsp3) is 0.333. The van der Waals surface area contributed by atoms with E-state index in [0.29, 0.717) is 12.0 Å². The molecule has 1 aromatic heterocycles. The normalized spacial score (nSPS) is 24.7. The molecule has 3 heterocycles. The third kappa shape index (κ3) is 2.12. The van der Waals surface area contributed by atoms with Gasteiger partial charge in [0.2, 0.25) is 0 Å². The van der Waals surface area contributed by atoms with Gasteiger partial charge in [0.25, 0.3) is 0 Å². The van der Waals surface area contributed by atoms with Gasteiger partial charge in [-0.3, -0.25) is 9.80 Å². The molecule has 0 amide bonds. The molecule has 0 radical (unpaired) electrons. The Labute approximate surface area is 142 Å². The summed E-state index contributed by atoms with van der Waals surface area (Å²) < 4.78 is 0. The first-order valence-corrected chi connectivity index (χ1v) is 8.88. The van der Waals surface area contributed by atoms with E-state index in [1.165, 1.54) is 27.7 Å². The number of aromatic nitrogens is 1. The number of nitrogens with one attached hydrogen (secondary N) is 1. The highest BCUT2D eigenvalue weighted by Crippen LogP contribution is 2.44. The lowest BCUT2D eigenvalue weighted by atomic mass is 9.82. The molecular weight excluding hydrogens is 294 g/mol. The van der Waals surface area contributed by atoms with Gasteiger partial charge in [0.15, 0.2) is 0 Å². The Bertz CT molecular complexity index is 867. The summed E-state index contributed by atoms with van der Waals surface area (Å²) in [7, 11) is 2.24. The molecule has 122 valence electrons. The second-order valence-electron chi connectivity index (χ2n) is 7.27. The number of nitrogens with zero attached hydrogens (tertiary/aromatic N) is 2. The smallest absolute Gasteiger partial charge is 0.0594 e. The van der Waals surface area contributed by atoms with Gasteiger partial charge in [-0.1, -0.05) is 48.5 Å². The quantitative estimate of drug-likeness (QED) is 0.738. The molecule has 0 unspecified atom stereocenters. The summed E-state index contributed by atoms with van der Waals surface area (Å²) in [4.78, 5) is 8.88.